The molecule has 0 radical (unpaired) electrons. The average Bonchev–Trinajstić information content (AvgIpc) is 2.55. The standard InChI is InChI=1S/C15H20N2O4S/c1-21-12-4-2-3-11(9-12)14(18)16-13(15(19)20)10-17-5-7-22-8-6-17/h2-4,9,13H,5-8,10H2,1H3,(H,16,18)(H,19,20). The zero-order valence-corrected chi connectivity index (χ0v) is 13.3. The van der Waals surface area contributed by atoms with E-state index >= 15 is 0 Å². The topological polar surface area (TPSA) is 78.9 Å². The first kappa shape index (κ1) is 16.6. The lowest BCUT2D eigenvalue weighted by atomic mass is 10.1. The highest BCUT2D eigenvalue weighted by atomic mass is 32.2. The van der Waals surface area contributed by atoms with Gasteiger partial charge in [-0.05, 0) is 18.2 Å². The van der Waals surface area contributed by atoms with Crippen LogP contribution in [-0.4, -0.2) is 66.2 Å². The van der Waals surface area contributed by atoms with Crippen molar-refractivity contribution in [3.63, 3.8) is 0 Å². The highest BCUT2D eigenvalue weighted by molar-refractivity contribution is 7.99. The van der Waals surface area contributed by atoms with Gasteiger partial charge in [0.25, 0.3) is 5.91 Å². The highest BCUT2D eigenvalue weighted by Gasteiger charge is 2.24. The van der Waals surface area contributed by atoms with Gasteiger partial charge in [0.15, 0.2) is 0 Å². The minimum atomic E-state index is -1.02. The molecule has 1 amide bonds. The molecule has 0 bridgehead atoms. The monoisotopic (exact) mass is 324 g/mol. The Labute approximate surface area is 133 Å². The van der Waals surface area contributed by atoms with Crippen molar-refractivity contribution in [3.05, 3.63) is 29.8 Å². The molecule has 120 valence electrons. The Morgan fingerprint density at radius 1 is 1.41 bits per heavy atom. The molecule has 1 fully saturated rings. The van der Waals surface area contributed by atoms with Crippen LogP contribution in [0.15, 0.2) is 24.3 Å². The fourth-order valence-corrected chi connectivity index (χ4v) is 3.21. The normalized spacial score (nSPS) is 16.8. The predicted molar refractivity (Wildman–Crippen MR) is 85.6 cm³/mol. The summed E-state index contributed by atoms with van der Waals surface area (Å²) in [6, 6.07) is 5.74. The molecule has 1 aromatic rings. The summed E-state index contributed by atoms with van der Waals surface area (Å²) in [6.07, 6.45) is 0. The number of benzene rings is 1. The van der Waals surface area contributed by atoms with E-state index < -0.39 is 17.9 Å². The van der Waals surface area contributed by atoms with Crippen molar-refractivity contribution >= 4 is 23.6 Å². The second-order valence-electron chi connectivity index (χ2n) is 5.01. The molecule has 22 heavy (non-hydrogen) atoms. The van der Waals surface area contributed by atoms with Crippen LogP contribution in [0.4, 0.5) is 0 Å². The summed E-state index contributed by atoms with van der Waals surface area (Å²) in [7, 11) is 1.52. The molecule has 0 aliphatic carbocycles. The maximum absolute atomic E-state index is 12.2. The van der Waals surface area contributed by atoms with Crippen LogP contribution >= 0.6 is 11.8 Å². The quantitative estimate of drug-likeness (QED) is 0.810. The summed E-state index contributed by atoms with van der Waals surface area (Å²) in [4.78, 5) is 25.7. The Hall–Kier alpha value is -1.73. The molecule has 1 aromatic carbocycles. The van der Waals surface area contributed by atoms with Gasteiger partial charge in [-0.1, -0.05) is 6.07 Å². The number of hydrogen-bond acceptors (Lipinski definition) is 5. The number of thioether (sulfide) groups is 1. The molecule has 0 aromatic heterocycles. The first-order valence-corrected chi connectivity index (χ1v) is 8.23. The molecule has 1 aliphatic heterocycles. The van der Waals surface area contributed by atoms with Crippen LogP contribution in [0, 0.1) is 0 Å². The number of hydrogen-bond donors (Lipinski definition) is 2. The summed E-state index contributed by atoms with van der Waals surface area (Å²) in [5.74, 6) is 1.13. The molecule has 0 saturated carbocycles. The van der Waals surface area contributed by atoms with Gasteiger partial charge in [-0.15, -0.1) is 0 Å². The van der Waals surface area contributed by atoms with Gasteiger partial charge in [0, 0.05) is 36.7 Å². The Morgan fingerprint density at radius 2 is 2.14 bits per heavy atom. The van der Waals surface area contributed by atoms with E-state index in [4.69, 9.17) is 4.74 Å². The van der Waals surface area contributed by atoms with Crippen LogP contribution in [0.3, 0.4) is 0 Å². The van der Waals surface area contributed by atoms with E-state index in [1.807, 2.05) is 11.8 Å². The molecule has 2 rings (SSSR count). The summed E-state index contributed by atoms with van der Waals surface area (Å²) in [5.41, 5.74) is 0.389. The third-order valence-corrected chi connectivity index (χ3v) is 4.42. The van der Waals surface area contributed by atoms with Crippen LogP contribution in [-0.2, 0) is 4.79 Å². The summed E-state index contributed by atoms with van der Waals surface area (Å²) in [5, 5.41) is 11.9. The van der Waals surface area contributed by atoms with Crippen molar-refractivity contribution in [2.75, 3.05) is 38.2 Å². The van der Waals surface area contributed by atoms with Crippen molar-refractivity contribution in [1.82, 2.24) is 10.2 Å². The molecule has 7 heteroatoms. The smallest absolute Gasteiger partial charge is 0.327 e. The van der Waals surface area contributed by atoms with Crippen LogP contribution < -0.4 is 10.1 Å². The van der Waals surface area contributed by atoms with E-state index in [1.54, 1.807) is 24.3 Å². The predicted octanol–water partition coefficient (Wildman–Crippen LogP) is 0.927. The van der Waals surface area contributed by atoms with E-state index in [0.717, 1.165) is 24.6 Å². The Morgan fingerprint density at radius 3 is 2.77 bits per heavy atom. The Bertz CT molecular complexity index is 532. The number of rotatable bonds is 6. The fraction of sp³-hybridized carbons (Fsp3) is 0.467. The molecule has 0 spiro atoms. The third kappa shape index (κ3) is 4.64. The summed E-state index contributed by atoms with van der Waals surface area (Å²) in [6.45, 7) is 2.03. The number of ether oxygens (including phenoxy) is 1. The molecular formula is C15H20N2O4S. The van der Waals surface area contributed by atoms with E-state index in [9.17, 15) is 14.7 Å². The largest absolute Gasteiger partial charge is 0.497 e. The number of nitrogens with zero attached hydrogens (tertiary/aromatic N) is 1. The summed E-state index contributed by atoms with van der Waals surface area (Å²) >= 11 is 1.86. The SMILES string of the molecule is COc1cccc(C(=O)NC(CN2CCSCC2)C(=O)O)c1. The van der Waals surface area contributed by atoms with Crippen molar-refractivity contribution in [2.45, 2.75) is 6.04 Å². The highest BCUT2D eigenvalue weighted by Crippen LogP contribution is 2.13. The maximum Gasteiger partial charge on any atom is 0.327 e. The summed E-state index contributed by atoms with van der Waals surface area (Å²) < 4.78 is 5.07. The number of aliphatic carboxylic acids is 1. The van der Waals surface area contributed by atoms with E-state index in [1.165, 1.54) is 7.11 Å². The minimum Gasteiger partial charge on any atom is -0.497 e. The van der Waals surface area contributed by atoms with Crippen molar-refractivity contribution in [3.8, 4) is 5.75 Å². The number of carboxylic acids is 1. The van der Waals surface area contributed by atoms with E-state index in [-0.39, 0.29) is 0 Å². The van der Waals surface area contributed by atoms with Gasteiger partial charge in [0.05, 0.1) is 7.11 Å². The lowest BCUT2D eigenvalue weighted by molar-refractivity contribution is -0.139. The van der Waals surface area contributed by atoms with Gasteiger partial charge in [0.2, 0.25) is 0 Å². The van der Waals surface area contributed by atoms with Gasteiger partial charge in [0.1, 0.15) is 11.8 Å². The molecule has 2 N–H and O–H groups in total. The van der Waals surface area contributed by atoms with Crippen molar-refractivity contribution in [2.24, 2.45) is 0 Å². The van der Waals surface area contributed by atoms with Crippen LogP contribution in [0.5, 0.6) is 5.75 Å². The molecule has 1 unspecified atom stereocenters. The molecule has 1 saturated heterocycles. The number of amides is 1. The number of carbonyl (C=O) groups is 2. The Kier molecular flexibility index (Phi) is 6.09. The van der Waals surface area contributed by atoms with Crippen molar-refractivity contribution < 1.29 is 19.4 Å². The second-order valence-corrected chi connectivity index (χ2v) is 6.23. The first-order valence-electron chi connectivity index (χ1n) is 7.08. The van der Waals surface area contributed by atoms with Gasteiger partial charge in [-0.2, -0.15) is 11.8 Å². The zero-order valence-electron chi connectivity index (χ0n) is 12.4. The van der Waals surface area contributed by atoms with Gasteiger partial charge in [-0.25, -0.2) is 4.79 Å². The average molecular weight is 324 g/mol. The Balaban J connectivity index is 2.00. The molecular weight excluding hydrogens is 304 g/mol. The first-order chi connectivity index (χ1) is 10.6. The van der Waals surface area contributed by atoms with Crippen LogP contribution in [0.1, 0.15) is 10.4 Å². The second kappa shape index (κ2) is 8.05. The number of carbonyl (C=O) groups excluding carboxylic acids is 1. The lowest BCUT2D eigenvalue weighted by Gasteiger charge is -2.28. The fourth-order valence-electron chi connectivity index (χ4n) is 2.23. The minimum absolute atomic E-state index is 0.325. The molecule has 6 nitrogen and oxygen atoms in total. The maximum atomic E-state index is 12.2. The molecule has 1 atom stereocenters. The van der Waals surface area contributed by atoms with E-state index in [2.05, 4.69) is 10.2 Å². The van der Waals surface area contributed by atoms with Crippen LogP contribution in [0.2, 0.25) is 0 Å². The van der Waals surface area contributed by atoms with Gasteiger partial charge >= 0.3 is 5.97 Å². The van der Waals surface area contributed by atoms with Gasteiger partial charge < -0.3 is 15.2 Å². The van der Waals surface area contributed by atoms with Crippen LogP contribution in [0.25, 0.3) is 0 Å². The van der Waals surface area contributed by atoms with Gasteiger partial charge in [-0.3, -0.25) is 9.69 Å². The lowest BCUT2D eigenvalue weighted by Crippen LogP contribution is -2.50. The molecule has 1 heterocycles. The third-order valence-electron chi connectivity index (χ3n) is 3.48. The number of methoxy groups -OCH3 is 1. The molecule has 1 aliphatic rings. The number of nitrogens with one attached hydrogen (secondary N) is 1. The zero-order chi connectivity index (χ0) is 15.9. The number of carboxylic acid groups (broad SMARTS) is 1. The van der Waals surface area contributed by atoms with Crippen molar-refractivity contribution in [1.29, 1.82) is 0 Å². The van der Waals surface area contributed by atoms with E-state index in [0.29, 0.717) is 17.9 Å².